The first-order valence-corrected chi connectivity index (χ1v) is 14.0. The molecule has 0 unspecified atom stereocenters. The fourth-order valence-electron chi connectivity index (χ4n) is 4.31. The van der Waals surface area contributed by atoms with E-state index >= 15 is 0 Å². The zero-order chi connectivity index (χ0) is 28.5. The Kier molecular flexibility index (Phi) is 10.2. The van der Waals surface area contributed by atoms with Gasteiger partial charge in [-0.25, -0.2) is 9.80 Å². The summed E-state index contributed by atoms with van der Waals surface area (Å²) in [6.07, 6.45) is 0.771. The lowest BCUT2D eigenvalue weighted by Crippen LogP contribution is -2.55. The molecule has 0 spiro atoms. The summed E-state index contributed by atoms with van der Waals surface area (Å²) in [5.74, 6) is -0.0407. The van der Waals surface area contributed by atoms with Gasteiger partial charge in [0.15, 0.2) is 0 Å². The standard InChI is InChI=1S/C22H27N3O3.C7H8O3S/c1-24(2)23-20(26)22(19-11-7-4-8-12-19)13-15-25(16-14-22)21(27)28-17-18-9-5-3-6-10-18;1-6-2-4-7(5-3-6)11(8,9)10/h3-12H,13-17H2,1-2H3,(H,23,26);2-5H,1H3,(H,8,9,10). The molecule has 1 heterocycles. The molecule has 2 N–H and O–H groups in total. The summed E-state index contributed by atoms with van der Waals surface area (Å²) in [6, 6.07) is 25.4. The molecule has 3 aromatic carbocycles. The van der Waals surface area contributed by atoms with Gasteiger partial charge in [-0.15, -0.1) is 0 Å². The van der Waals surface area contributed by atoms with Crippen molar-refractivity contribution in [1.82, 2.24) is 15.3 Å². The van der Waals surface area contributed by atoms with Crippen LogP contribution in [0, 0.1) is 6.92 Å². The number of rotatable bonds is 6. The lowest BCUT2D eigenvalue weighted by atomic mass is 9.72. The van der Waals surface area contributed by atoms with Crippen LogP contribution in [0.5, 0.6) is 0 Å². The van der Waals surface area contributed by atoms with Gasteiger partial charge < -0.3 is 9.64 Å². The minimum absolute atomic E-state index is 0.0407. The fourth-order valence-corrected chi connectivity index (χ4v) is 4.79. The van der Waals surface area contributed by atoms with Gasteiger partial charge >= 0.3 is 6.09 Å². The Balaban J connectivity index is 0.000000320. The third-order valence-electron chi connectivity index (χ3n) is 6.49. The van der Waals surface area contributed by atoms with Gasteiger partial charge in [-0.05, 0) is 43.0 Å². The molecule has 208 valence electrons. The predicted molar refractivity (Wildman–Crippen MR) is 148 cm³/mol. The quantitative estimate of drug-likeness (QED) is 0.347. The molecule has 4 rings (SSSR count). The Labute approximate surface area is 230 Å². The number of hydrogen-bond acceptors (Lipinski definition) is 6. The average Bonchev–Trinajstić information content (AvgIpc) is 2.92. The van der Waals surface area contributed by atoms with Crippen molar-refractivity contribution in [1.29, 1.82) is 0 Å². The van der Waals surface area contributed by atoms with Crippen molar-refractivity contribution in [2.75, 3.05) is 27.2 Å². The highest BCUT2D eigenvalue weighted by Crippen LogP contribution is 2.36. The Bertz CT molecular complexity index is 1320. The number of likely N-dealkylation sites (tertiary alicyclic amines) is 1. The molecule has 0 radical (unpaired) electrons. The molecule has 0 atom stereocenters. The topological polar surface area (TPSA) is 116 Å². The molecule has 0 saturated carbocycles. The predicted octanol–water partition coefficient (Wildman–Crippen LogP) is 4.19. The Morgan fingerprint density at radius 3 is 1.97 bits per heavy atom. The molecule has 1 aliphatic heterocycles. The number of ether oxygens (including phenoxy) is 1. The number of nitrogens with zero attached hydrogens (tertiary/aromatic N) is 2. The molecular formula is C29H35N3O6S. The summed E-state index contributed by atoms with van der Waals surface area (Å²) < 4.78 is 35.0. The van der Waals surface area contributed by atoms with Crippen LogP contribution in [0.15, 0.2) is 89.8 Å². The number of carbonyl (C=O) groups excluding carboxylic acids is 2. The van der Waals surface area contributed by atoms with E-state index in [4.69, 9.17) is 9.29 Å². The number of piperidine rings is 1. The molecule has 1 aliphatic rings. The molecule has 0 aliphatic carbocycles. The Morgan fingerprint density at radius 2 is 1.46 bits per heavy atom. The minimum atomic E-state index is -4.02. The summed E-state index contributed by atoms with van der Waals surface area (Å²) in [4.78, 5) is 27.1. The van der Waals surface area contributed by atoms with Crippen LogP contribution in [0.3, 0.4) is 0 Å². The molecule has 10 heteroatoms. The maximum atomic E-state index is 13.0. The number of hydrogen-bond donors (Lipinski definition) is 2. The molecule has 9 nitrogen and oxygen atoms in total. The van der Waals surface area contributed by atoms with Gasteiger partial charge in [0.25, 0.3) is 10.1 Å². The smallest absolute Gasteiger partial charge is 0.410 e. The second-order valence-corrected chi connectivity index (χ2v) is 11.0. The van der Waals surface area contributed by atoms with Gasteiger partial charge in [-0.3, -0.25) is 14.8 Å². The van der Waals surface area contributed by atoms with E-state index in [2.05, 4.69) is 5.43 Å². The number of amides is 2. The number of nitrogens with one attached hydrogen (secondary N) is 1. The third kappa shape index (κ3) is 8.38. The summed E-state index contributed by atoms with van der Waals surface area (Å²) in [6.45, 7) is 3.04. The maximum absolute atomic E-state index is 13.0. The first-order chi connectivity index (χ1) is 18.5. The molecule has 1 fully saturated rings. The zero-order valence-electron chi connectivity index (χ0n) is 22.4. The van der Waals surface area contributed by atoms with E-state index in [-0.39, 0.29) is 23.5 Å². The molecule has 1 saturated heterocycles. The monoisotopic (exact) mass is 553 g/mol. The average molecular weight is 554 g/mol. The maximum Gasteiger partial charge on any atom is 0.410 e. The first-order valence-electron chi connectivity index (χ1n) is 12.5. The molecule has 2 amide bonds. The van der Waals surface area contributed by atoms with E-state index in [1.807, 2.05) is 67.6 Å². The summed E-state index contributed by atoms with van der Waals surface area (Å²) in [7, 11) is -0.423. The zero-order valence-corrected chi connectivity index (χ0v) is 23.2. The van der Waals surface area contributed by atoms with Crippen molar-refractivity contribution in [3.05, 3.63) is 102 Å². The minimum Gasteiger partial charge on any atom is -0.445 e. The Morgan fingerprint density at radius 1 is 0.923 bits per heavy atom. The van der Waals surface area contributed by atoms with E-state index in [0.29, 0.717) is 25.9 Å². The normalized spacial score (nSPS) is 14.6. The van der Waals surface area contributed by atoms with E-state index in [9.17, 15) is 18.0 Å². The third-order valence-corrected chi connectivity index (χ3v) is 7.35. The number of aryl methyl sites for hydroxylation is 1. The Hall–Kier alpha value is -3.73. The van der Waals surface area contributed by atoms with E-state index < -0.39 is 15.5 Å². The van der Waals surface area contributed by atoms with Crippen LogP contribution in [-0.2, 0) is 31.7 Å². The van der Waals surface area contributed by atoms with Gasteiger partial charge in [0.2, 0.25) is 5.91 Å². The molecule has 0 bridgehead atoms. The van der Waals surface area contributed by atoms with Gasteiger partial charge in [-0.2, -0.15) is 8.42 Å². The summed E-state index contributed by atoms with van der Waals surface area (Å²) >= 11 is 0. The van der Waals surface area contributed by atoms with Gasteiger partial charge in [0.1, 0.15) is 6.61 Å². The SMILES string of the molecule is CN(C)NC(=O)C1(c2ccccc2)CCN(C(=O)OCc2ccccc2)CC1.Cc1ccc(S(=O)(=O)O)cc1. The van der Waals surface area contributed by atoms with E-state index in [1.54, 1.807) is 36.1 Å². The largest absolute Gasteiger partial charge is 0.445 e. The molecule has 3 aromatic rings. The van der Waals surface area contributed by atoms with Crippen LogP contribution >= 0.6 is 0 Å². The number of benzene rings is 3. The molecule has 39 heavy (non-hydrogen) atoms. The van der Waals surface area contributed by atoms with Crippen LogP contribution in [0.1, 0.15) is 29.5 Å². The van der Waals surface area contributed by atoms with Crippen molar-refractivity contribution in [2.24, 2.45) is 0 Å². The highest BCUT2D eigenvalue weighted by molar-refractivity contribution is 7.85. The van der Waals surface area contributed by atoms with Crippen molar-refractivity contribution >= 4 is 22.1 Å². The molecule has 0 aromatic heterocycles. The van der Waals surface area contributed by atoms with Gasteiger partial charge in [-0.1, -0.05) is 78.4 Å². The highest BCUT2D eigenvalue weighted by atomic mass is 32.2. The van der Waals surface area contributed by atoms with Crippen molar-refractivity contribution < 1.29 is 27.3 Å². The van der Waals surface area contributed by atoms with E-state index in [1.165, 1.54) is 12.1 Å². The second-order valence-electron chi connectivity index (χ2n) is 9.60. The fraction of sp³-hybridized carbons (Fsp3) is 0.310. The van der Waals surface area contributed by atoms with Crippen molar-refractivity contribution in [3.63, 3.8) is 0 Å². The van der Waals surface area contributed by atoms with Crippen LogP contribution in [0.25, 0.3) is 0 Å². The van der Waals surface area contributed by atoms with Crippen LogP contribution < -0.4 is 5.43 Å². The van der Waals surface area contributed by atoms with Crippen molar-refractivity contribution in [3.8, 4) is 0 Å². The van der Waals surface area contributed by atoms with Crippen molar-refractivity contribution in [2.45, 2.75) is 36.7 Å². The van der Waals surface area contributed by atoms with Crippen LogP contribution in [-0.4, -0.2) is 62.1 Å². The lowest BCUT2D eigenvalue weighted by molar-refractivity contribution is -0.132. The van der Waals surface area contributed by atoms with Crippen LogP contribution in [0.2, 0.25) is 0 Å². The summed E-state index contributed by atoms with van der Waals surface area (Å²) in [5.41, 5.74) is 5.14. The number of carbonyl (C=O) groups is 2. The van der Waals surface area contributed by atoms with Crippen LogP contribution in [0.4, 0.5) is 4.79 Å². The highest BCUT2D eigenvalue weighted by Gasteiger charge is 2.44. The molecular weight excluding hydrogens is 518 g/mol. The van der Waals surface area contributed by atoms with E-state index in [0.717, 1.165) is 16.7 Å². The second kappa shape index (κ2) is 13.4. The summed E-state index contributed by atoms with van der Waals surface area (Å²) in [5, 5.41) is 1.66. The van der Waals surface area contributed by atoms with Gasteiger partial charge in [0, 0.05) is 27.2 Å². The first kappa shape index (κ1) is 29.8. The van der Waals surface area contributed by atoms with Gasteiger partial charge in [0.05, 0.1) is 10.3 Å². The number of hydrazine groups is 1. The lowest BCUT2D eigenvalue weighted by Gasteiger charge is -2.41.